The van der Waals surface area contributed by atoms with Crippen LogP contribution in [0.2, 0.25) is 0 Å². The van der Waals surface area contributed by atoms with Gasteiger partial charge in [-0.05, 0) is 54.8 Å². The summed E-state index contributed by atoms with van der Waals surface area (Å²) in [6.45, 7) is 6.24. The zero-order chi connectivity index (χ0) is 14.3. The Balaban J connectivity index is 2.08. The van der Waals surface area contributed by atoms with Gasteiger partial charge < -0.3 is 10.6 Å². The van der Waals surface area contributed by atoms with Gasteiger partial charge in [-0.25, -0.2) is 0 Å². The van der Waals surface area contributed by atoms with Crippen LogP contribution in [0.5, 0.6) is 0 Å². The van der Waals surface area contributed by atoms with Crippen LogP contribution >= 0.6 is 0 Å². The first-order valence-corrected chi connectivity index (χ1v) is 6.99. The van der Waals surface area contributed by atoms with Gasteiger partial charge >= 0.3 is 0 Å². The van der Waals surface area contributed by atoms with E-state index in [1.54, 1.807) is 6.08 Å². The fourth-order valence-electron chi connectivity index (χ4n) is 2.84. The average molecular weight is 266 g/mol. The molecule has 0 spiro atoms. The summed E-state index contributed by atoms with van der Waals surface area (Å²) < 4.78 is 0. The van der Waals surface area contributed by atoms with Gasteiger partial charge in [-0.3, -0.25) is 4.79 Å². The van der Waals surface area contributed by atoms with Crippen molar-refractivity contribution >= 4 is 23.1 Å². The summed E-state index contributed by atoms with van der Waals surface area (Å²) >= 11 is 0. The molecular weight excluding hydrogens is 248 g/mol. The Hall–Kier alpha value is -2.29. The Bertz CT molecular complexity index is 676. The Morgan fingerprint density at radius 1 is 1.10 bits per heavy atom. The molecule has 3 rings (SSSR count). The minimum atomic E-state index is -0.0666. The quantitative estimate of drug-likeness (QED) is 0.915. The van der Waals surface area contributed by atoms with E-state index in [1.807, 2.05) is 12.2 Å². The van der Waals surface area contributed by atoms with Crippen molar-refractivity contribution in [1.82, 2.24) is 0 Å². The zero-order valence-corrected chi connectivity index (χ0v) is 11.8. The van der Waals surface area contributed by atoms with Gasteiger partial charge in [0.2, 0.25) is 5.78 Å². The Kier molecular flexibility index (Phi) is 2.97. The molecule has 102 valence electrons. The first-order valence-electron chi connectivity index (χ1n) is 6.99. The third-order valence-electron chi connectivity index (χ3n) is 3.98. The highest BCUT2D eigenvalue weighted by Crippen LogP contribution is 2.40. The van der Waals surface area contributed by atoms with Crippen LogP contribution in [-0.4, -0.2) is 18.9 Å². The summed E-state index contributed by atoms with van der Waals surface area (Å²) in [6, 6.07) is 6.36. The SMILES string of the molecule is CCN(CC)c1ccc2c(c1)C1=CC=C(N)C(=O)C1=C2. The lowest BCUT2D eigenvalue weighted by Gasteiger charge is -2.22. The number of nitrogens with two attached hydrogens (primary N) is 1. The lowest BCUT2D eigenvalue weighted by Crippen LogP contribution is -2.21. The van der Waals surface area contributed by atoms with E-state index in [9.17, 15) is 4.79 Å². The number of fused-ring (bicyclic) bond motifs is 3. The second-order valence-electron chi connectivity index (χ2n) is 5.03. The molecule has 0 bridgehead atoms. The first kappa shape index (κ1) is 12.7. The van der Waals surface area contributed by atoms with Gasteiger partial charge in [0.05, 0.1) is 5.70 Å². The first-order chi connectivity index (χ1) is 9.65. The average Bonchev–Trinajstić information content (AvgIpc) is 2.83. The summed E-state index contributed by atoms with van der Waals surface area (Å²) in [5.41, 5.74) is 11.2. The van der Waals surface area contributed by atoms with E-state index in [2.05, 4.69) is 36.9 Å². The number of allylic oxidation sites excluding steroid dienone is 4. The van der Waals surface area contributed by atoms with Crippen LogP contribution in [0.3, 0.4) is 0 Å². The highest BCUT2D eigenvalue weighted by molar-refractivity contribution is 6.25. The zero-order valence-electron chi connectivity index (χ0n) is 11.8. The van der Waals surface area contributed by atoms with Crippen molar-refractivity contribution in [1.29, 1.82) is 0 Å². The molecule has 0 aromatic heterocycles. The van der Waals surface area contributed by atoms with Crippen LogP contribution in [0.15, 0.2) is 41.6 Å². The molecule has 2 N–H and O–H groups in total. The number of hydrogen-bond acceptors (Lipinski definition) is 3. The maximum atomic E-state index is 12.1. The Labute approximate surface area is 119 Å². The summed E-state index contributed by atoms with van der Waals surface area (Å²) in [7, 11) is 0. The summed E-state index contributed by atoms with van der Waals surface area (Å²) in [6.07, 6.45) is 5.59. The normalized spacial score (nSPS) is 16.1. The highest BCUT2D eigenvalue weighted by Gasteiger charge is 2.27. The maximum Gasteiger partial charge on any atom is 0.209 e. The molecule has 0 amide bonds. The van der Waals surface area contributed by atoms with Crippen LogP contribution in [0.1, 0.15) is 25.0 Å². The summed E-state index contributed by atoms with van der Waals surface area (Å²) in [4.78, 5) is 14.4. The van der Waals surface area contributed by atoms with Crippen molar-refractivity contribution in [2.45, 2.75) is 13.8 Å². The van der Waals surface area contributed by atoms with Gasteiger partial charge in [-0.15, -0.1) is 0 Å². The number of rotatable bonds is 3. The number of nitrogens with zero attached hydrogens (tertiary/aromatic N) is 1. The number of ketones is 1. The fraction of sp³-hybridized carbons (Fsp3) is 0.235. The van der Waals surface area contributed by atoms with Crippen LogP contribution < -0.4 is 10.6 Å². The van der Waals surface area contributed by atoms with Crippen LogP contribution in [0.25, 0.3) is 11.6 Å². The Morgan fingerprint density at radius 3 is 2.55 bits per heavy atom. The molecule has 2 aliphatic carbocycles. The predicted octanol–water partition coefficient (Wildman–Crippen LogP) is 2.74. The highest BCUT2D eigenvalue weighted by atomic mass is 16.1. The van der Waals surface area contributed by atoms with Crippen molar-refractivity contribution in [3.05, 3.63) is 52.7 Å². The molecule has 3 nitrogen and oxygen atoms in total. The van der Waals surface area contributed by atoms with Crippen molar-refractivity contribution in [3.8, 4) is 0 Å². The predicted molar refractivity (Wildman–Crippen MR) is 83.2 cm³/mol. The van der Waals surface area contributed by atoms with Gasteiger partial charge in [0.25, 0.3) is 0 Å². The molecule has 2 aliphatic rings. The minimum absolute atomic E-state index is 0.0666. The van der Waals surface area contributed by atoms with E-state index < -0.39 is 0 Å². The molecule has 0 saturated heterocycles. The second kappa shape index (κ2) is 4.67. The van der Waals surface area contributed by atoms with Gasteiger partial charge in [0, 0.05) is 24.4 Å². The van der Waals surface area contributed by atoms with Crippen molar-refractivity contribution in [2.24, 2.45) is 5.73 Å². The van der Waals surface area contributed by atoms with E-state index in [4.69, 9.17) is 5.73 Å². The number of anilines is 1. The lowest BCUT2D eigenvalue weighted by molar-refractivity contribution is -0.111. The van der Waals surface area contributed by atoms with Gasteiger partial charge in [-0.1, -0.05) is 12.1 Å². The van der Waals surface area contributed by atoms with E-state index >= 15 is 0 Å². The molecule has 0 heterocycles. The van der Waals surface area contributed by atoms with E-state index in [1.165, 1.54) is 5.69 Å². The van der Waals surface area contributed by atoms with Gasteiger partial charge in [-0.2, -0.15) is 0 Å². The molecule has 20 heavy (non-hydrogen) atoms. The number of carbonyl (C=O) groups is 1. The van der Waals surface area contributed by atoms with Crippen LogP contribution in [0, 0.1) is 0 Å². The van der Waals surface area contributed by atoms with E-state index in [0.717, 1.165) is 35.4 Å². The number of hydrogen-bond donors (Lipinski definition) is 1. The number of benzene rings is 1. The molecular formula is C17H18N2O. The minimum Gasteiger partial charge on any atom is -0.396 e. The molecule has 0 radical (unpaired) electrons. The molecule has 0 unspecified atom stereocenters. The standard InChI is InChI=1S/C17H18N2O/c1-3-19(4-2)12-6-5-11-9-15-13(14(11)10-12)7-8-16(18)17(15)20/h5-10H,3-4,18H2,1-2H3. The van der Waals surface area contributed by atoms with Crippen LogP contribution in [-0.2, 0) is 4.79 Å². The van der Waals surface area contributed by atoms with Crippen LogP contribution in [0.4, 0.5) is 5.69 Å². The third kappa shape index (κ3) is 1.78. The molecule has 3 heteroatoms. The Morgan fingerprint density at radius 2 is 1.85 bits per heavy atom. The van der Waals surface area contributed by atoms with Gasteiger partial charge in [0.1, 0.15) is 0 Å². The van der Waals surface area contributed by atoms with Crippen molar-refractivity contribution in [3.63, 3.8) is 0 Å². The molecule has 0 saturated carbocycles. The third-order valence-corrected chi connectivity index (χ3v) is 3.98. The summed E-state index contributed by atoms with van der Waals surface area (Å²) in [5, 5.41) is 0. The topological polar surface area (TPSA) is 46.3 Å². The van der Waals surface area contributed by atoms with Gasteiger partial charge in [0.15, 0.2) is 0 Å². The van der Waals surface area contributed by atoms with Crippen molar-refractivity contribution in [2.75, 3.05) is 18.0 Å². The van der Waals surface area contributed by atoms with E-state index in [0.29, 0.717) is 5.70 Å². The van der Waals surface area contributed by atoms with Crippen molar-refractivity contribution < 1.29 is 4.79 Å². The van der Waals surface area contributed by atoms with E-state index in [-0.39, 0.29) is 5.78 Å². The smallest absolute Gasteiger partial charge is 0.209 e. The number of Topliss-reactive ketones (excluding diaryl/α,β-unsaturated/α-hetero) is 1. The molecule has 0 aliphatic heterocycles. The summed E-state index contributed by atoms with van der Waals surface area (Å²) in [5.74, 6) is -0.0666. The molecule has 1 aromatic rings. The molecule has 0 atom stereocenters. The maximum absolute atomic E-state index is 12.1. The monoisotopic (exact) mass is 266 g/mol. The second-order valence-corrected chi connectivity index (χ2v) is 5.03. The largest absolute Gasteiger partial charge is 0.396 e. The molecule has 1 aromatic carbocycles. The fourth-order valence-corrected chi connectivity index (χ4v) is 2.84. The lowest BCUT2D eigenvalue weighted by atomic mass is 9.94. The number of carbonyl (C=O) groups excluding carboxylic acids is 1. The molecule has 0 fully saturated rings.